The molecule has 0 aromatic heterocycles. The molecule has 0 saturated heterocycles. The minimum atomic E-state index is -0.368. The molecule has 1 N–H and O–H groups in total. The molecule has 1 aromatic carbocycles. The maximum atomic E-state index is 11.6. The van der Waals surface area contributed by atoms with E-state index in [2.05, 4.69) is 0 Å². The van der Waals surface area contributed by atoms with E-state index >= 15 is 0 Å². The summed E-state index contributed by atoms with van der Waals surface area (Å²) in [6.45, 7) is 0.552. The van der Waals surface area contributed by atoms with Gasteiger partial charge in [-0.1, -0.05) is 12.1 Å². The molecule has 4 heteroatoms. The summed E-state index contributed by atoms with van der Waals surface area (Å²) in [6, 6.07) is 6.69. The third-order valence-corrected chi connectivity index (χ3v) is 2.31. The zero-order chi connectivity index (χ0) is 12.1. The summed E-state index contributed by atoms with van der Waals surface area (Å²) in [4.78, 5) is 13.5. The smallest absolute Gasteiger partial charge is 0.314 e. The number of benzene rings is 1. The third kappa shape index (κ3) is 3.24. The Balaban J connectivity index is 2.96. The molecule has 88 valence electrons. The molecule has 1 rings (SSSR count). The maximum Gasteiger partial charge on any atom is 0.314 e. The number of phenols is 1. The third-order valence-electron chi connectivity index (χ3n) is 2.31. The van der Waals surface area contributed by atoms with E-state index in [1.165, 1.54) is 7.11 Å². The molecule has 0 amide bonds. The molecule has 1 atom stereocenters. The largest absolute Gasteiger partial charge is 0.508 e. The summed E-state index contributed by atoms with van der Waals surface area (Å²) in [5.41, 5.74) is 0.764. The number of methoxy groups -OCH3 is 1. The number of aromatic hydroxyl groups is 1. The number of hydrogen-bond acceptors (Lipinski definition) is 4. The Morgan fingerprint density at radius 2 is 2.19 bits per heavy atom. The molecule has 0 aliphatic heterocycles. The van der Waals surface area contributed by atoms with Crippen LogP contribution in [0.5, 0.6) is 5.75 Å². The average Bonchev–Trinajstić information content (AvgIpc) is 2.24. The van der Waals surface area contributed by atoms with Crippen molar-refractivity contribution in [3.05, 3.63) is 29.8 Å². The summed E-state index contributed by atoms with van der Waals surface area (Å²) in [7, 11) is 5.14. The molecular weight excluding hydrogens is 206 g/mol. The highest BCUT2D eigenvalue weighted by Crippen LogP contribution is 2.21. The van der Waals surface area contributed by atoms with Crippen LogP contribution in [0.1, 0.15) is 11.5 Å². The van der Waals surface area contributed by atoms with Gasteiger partial charge in [0, 0.05) is 6.54 Å². The maximum absolute atomic E-state index is 11.6. The second-order valence-corrected chi connectivity index (χ2v) is 3.93. The fourth-order valence-corrected chi connectivity index (χ4v) is 1.56. The minimum Gasteiger partial charge on any atom is -0.508 e. The molecule has 0 aliphatic rings. The topological polar surface area (TPSA) is 49.8 Å². The van der Waals surface area contributed by atoms with Gasteiger partial charge in [-0.2, -0.15) is 0 Å². The zero-order valence-electron chi connectivity index (χ0n) is 9.80. The van der Waals surface area contributed by atoms with Crippen molar-refractivity contribution in [2.45, 2.75) is 5.92 Å². The molecule has 0 bridgehead atoms. The number of hydrogen-bond donors (Lipinski definition) is 1. The van der Waals surface area contributed by atoms with Crippen molar-refractivity contribution >= 4 is 5.97 Å². The van der Waals surface area contributed by atoms with Crippen molar-refractivity contribution in [1.82, 2.24) is 4.90 Å². The SMILES string of the molecule is COC(=O)C(CN(C)C)c1cccc(O)c1. The highest BCUT2D eigenvalue weighted by molar-refractivity contribution is 5.78. The van der Waals surface area contributed by atoms with E-state index in [1.54, 1.807) is 18.2 Å². The number of carbonyl (C=O) groups excluding carboxylic acids is 1. The first kappa shape index (κ1) is 12.5. The van der Waals surface area contributed by atoms with Crippen molar-refractivity contribution in [3.63, 3.8) is 0 Å². The minimum absolute atomic E-state index is 0.158. The fourth-order valence-electron chi connectivity index (χ4n) is 1.56. The summed E-state index contributed by atoms with van der Waals surface area (Å²) in [6.07, 6.45) is 0. The van der Waals surface area contributed by atoms with Gasteiger partial charge in [-0.05, 0) is 31.8 Å². The van der Waals surface area contributed by atoms with Gasteiger partial charge in [0.25, 0.3) is 0 Å². The van der Waals surface area contributed by atoms with Gasteiger partial charge in [0.1, 0.15) is 5.75 Å². The molecule has 1 aromatic rings. The second kappa shape index (κ2) is 5.51. The van der Waals surface area contributed by atoms with E-state index in [-0.39, 0.29) is 17.6 Å². The Kier molecular flexibility index (Phi) is 4.31. The van der Waals surface area contributed by atoms with Crippen LogP contribution in [0.4, 0.5) is 0 Å². The number of rotatable bonds is 4. The van der Waals surface area contributed by atoms with Crippen LogP contribution in [-0.4, -0.2) is 43.7 Å². The van der Waals surface area contributed by atoms with Crippen LogP contribution in [0.15, 0.2) is 24.3 Å². The lowest BCUT2D eigenvalue weighted by Gasteiger charge is -2.19. The van der Waals surface area contributed by atoms with Crippen LogP contribution in [0.25, 0.3) is 0 Å². The van der Waals surface area contributed by atoms with Crippen LogP contribution in [0.2, 0.25) is 0 Å². The summed E-state index contributed by atoms with van der Waals surface area (Å²) in [5, 5.41) is 9.38. The first-order valence-electron chi connectivity index (χ1n) is 5.06. The van der Waals surface area contributed by atoms with Gasteiger partial charge >= 0.3 is 5.97 Å². The van der Waals surface area contributed by atoms with Crippen LogP contribution in [0, 0.1) is 0 Å². The lowest BCUT2D eigenvalue weighted by molar-refractivity contribution is -0.142. The van der Waals surface area contributed by atoms with Gasteiger partial charge in [0.15, 0.2) is 0 Å². The summed E-state index contributed by atoms with van der Waals surface area (Å²) in [5.74, 6) is -0.503. The van der Waals surface area contributed by atoms with Crippen molar-refractivity contribution in [2.75, 3.05) is 27.7 Å². The average molecular weight is 223 g/mol. The Bertz CT molecular complexity index is 363. The Morgan fingerprint density at radius 3 is 2.69 bits per heavy atom. The number of ether oxygens (including phenoxy) is 1. The lowest BCUT2D eigenvalue weighted by Crippen LogP contribution is -2.27. The summed E-state index contributed by atoms with van der Waals surface area (Å²) >= 11 is 0. The molecule has 16 heavy (non-hydrogen) atoms. The Hall–Kier alpha value is -1.55. The van der Waals surface area contributed by atoms with Gasteiger partial charge in [-0.15, -0.1) is 0 Å². The van der Waals surface area contributed by atoms with E-state index < -0.39 is 0 Å². The van der Waals surface area contributed by atoms with Crippen molar-refractivity contribution in [1.29, 1.82) is 0 Å². The number of phenolic OH excluding ortho intramolecular Hbond substituents is 1. The predicted octanol–water partition coefficient (Wildman–Crippen LogP) is 1.21. The molecule has 4 nitrogen and oxygen atoms in total. The molecular formula is C12H17NO3. The fraction of sp³-hybridized carbons (Fsp3) is 0.417. The van der Waals surface area contributed by atoms with Gasteiger partial charge in [0.05, 0.1) is 13.0 Å². The standard InChI is InChI=1S/C12H17NO3/c1-13(2)8-11(12(15)16-3)9-5-4-6-10(14)7-9/h4-7,11,14H,8H2,1-3H3. The first-order valence-corrected chi connectivity index (χ1v) is 5.06. The second-order valence-electron chi connectivity index (χ2n) is 3.93. The van der Waals surface area contributed by atoms with E-state index in [1.807, 2.05) is 25.1 Å². The Labute approximate surface area is 95.5 Å². The molecule has 0 radical (unpaired) electrons. The highest BCUT2D eigenvalue weighted by atomic mass is 16.5. The lowest BCUT2D eigenvalue weighted by atomic mass is 9.98. The van der Waals surface area contributed by atoms with Crippen LogP contribution in [0.3, 0.4) is 0 Å². The molecule has 0 spiro atoms. The van der Waals surface area contributed by atoms with Crippen LogP contribution >= 0.6 is 0 Å². The first-order chi connectivity index (χ1) is 7.54. The zero-order valence-corrected chi connectivity index (χ0v) is 9.80. The van der Waals surface area contributed by atoms with E-state index in [0.717, 1.165) is 5.56 Å². The van der Waals surface area contributed by atoms with Gasteiger partial charge in [0.2, 0.25) is 0 Å². The predicted molar refractivity (Wildman–Crippen MR) is 61.4 cm³/mol. The van der Waals surface area contributed by atoms with E-state index in [0.29, 0.717) is 6.54 Å². The Morgan fingerprint density at radius 1 is 1.50 bits per heavy atom. The van der Waals surface area contributed by atoms with Gasteiger partial charge < -0.3 is 14.7 Å². The highest BCUT2D eigenvalue weighted by Gasteiger charge is 2.22. The van der Waals surface area contributed by atoms with Crippen LogP contribution in [-0.2, 0) is 9.53 Å². The molecule has 0 saturated carbocycles. The number of likely N-dealkylation sites (N-methyl/N-ethyl adjacent to an activating group) is 1. The molecule has 0 fully saturated rings. The van der Waals surface area contributed by atoms with Gasteiger partial charge in [-0.25, -0.2) is 0 Å². The van der Waals surface area contributed by atoms with E-state index in [9.17, 15) is 9.90 Å². The number of nitrogens with zero attached hydrogens (tertiary/aromatic N) is 1. The molecule has 0 heterocycles. The normalized spacial score (nSPS) is 12.5. The van der Waals surface area contributed by atoms with Gasteiger partial charge in [-0.3, -0.25) is 4.79 Å². The monoisotopic (exact) mass is 223 g/mol. The van der Waals surface area contributed by atoms with E-state index in [4.69, 9.17) is 4.74 Å². The number of esters is 1. The van der Waals surface area contributed by atoms with Crippen LogP contribution < -0.4 is 0 Å². The van der Waals surface area contributed by atoms with Crippen molar-refractivity contribution < 1.29 is 14.6 Å². The quantitative estimate of drug-likeness (QED) is 0.779. The molecule has 0 aliphatic carbocycles. The van der Waals surface area contributed by atoms with Crippen molar-refractivity contribution in [3.8, 4) is 5.75 Å². The number of carbonyl (C=O) groups is 1. The summed E-state index contributed by atoms with van der Waals surface area (Å²) < 4.78 is 4.76. The van der Waals surface area contributed by atoms with Crippen molar-refractivity contribution in [2.24, 2.45) is 0 Å². The molecule has 1 unspecified atom stereocenters.